The highest BCUT2D eigenvalue weighted by atomic mass is 28.4. The molecule has 0 aromatic heterocycles. The standard InChI is InChI=1S/C13H27NO4Si/c1-4-14-7-6-12(2)17-19(15-3)9-5-8-16-11-13(10-14)18-19/h12-13H,4-11H2,1-3H3. The average molecular weight is 289 g/mol. The Labute approximate surface area is 117 Å². The SMILES string of the molecule is CCN1CCC(C)O[Si]2(OC)CCCOCC(C1)O2. The molecule has 6 heteroatoms. The van der Waals surface area contributed by atoms with E-state index in [1.165, 1.54) is 0 Å². The molecule has 2 fully saturated rings. The molecule has 19 heavy (non-hydrogen) atoms. The van der Waals surface area contributed by atoms with Crippen molar-refractivity contribution < 1.29 is 18.0 Å². The maximum atomic E-state index is 6.28. The van der Waals surface area contributed by atoms with Crippen molar-refractivity contribution >= 4 is 8.80 Å². The number of hydrogen-bond acceptors (Lipinski definition) is 5. The van der Waals surface area contributed by atoms with Crippen molar-refractivity contribution in [2.75, 3.05) is 40.0 Å². The van der Waals surface area contributed by atoms with Gasteiger partial charge in [0.15, 0.2) is 0 Å². The summed E-state index contributed by atoms with van der Waals surface area (Å²) in [5.74, 6) is 0. The van der Waals surface area contributed by atoms with Crippen LogP contribution in [-0.2, 0) is 18.0 Å². The van der Waals surface area contributed by atoms with Gasteiger partial charge < -0.3 is 22.9 Å². The lowest BCUT2D eigenvalue weighted by Gasteiger charge is -2.35. The molecule has 3 unspecified atom stereocenters. The predicted octanol–water partition coefficient (Wildman–Crippen LogP) is 1.51. The molecule has 2 saturated heterocycles. The molecule has 0 radical (unpaired) electrons. The smallest absolute Gasteiger partial charge is 0.379 e. The number of likely N-dealkylation sites (N-methyl/N-ethyl adjacent to an activating group) is 1. The Hall–Kier alpha value is 0.0169. The minimum atomic E-state index is -2.52. The fraction of sp³-hybridized carbons (Fsp3) is 1.00. The summed E-state index contributed by atoms with van der Waals surface area (Å²) in [4.78, 5) is 2.41. The van der Waals surface area contributed by atoms with Crippen LogP contribution >= 0.6 is 0 Å². The third-order valence-electron chi connectivity index (χ3n) is 3.87. The quantitative estimate of drug-likeness (QED) is 0.721. The van der Waals surface area contributed by atoms with Crippen LogP contribution in [0, 0.1) is 0 Å². The molecule has 3 atom stereocenters. The molecule has 0 aliphatic carbocycles. The summed E-state index contributed by atoms with van der Waals surface area (Å²) in [6, 6.07) is 0.858. The minimum Gasteiger partial charge on any atom is -0.379 e. The van der Waals surface area contributed by atoms with Gasteiger partial charge in [-0.05, 0) is 26.3 Å². The first-order valence-electron chi connectivity index (χ1n) is 7.38. The zero-order valence-corrected chi connectivity index (χ0v) is 13.4. The van der Waals surface area contributed by atoms with Crippen molar-refractivity contribution in [1.29, 1.82) is 0 Å². The molecule has 0 N–H and O–H groups in total. The van der Waals surface area contributed by atoms with Crippen molar-refractivity contribution in [3.63, 3.8) is 0 Å². The zero-order valence-electron chi connectivity index (χ0n) is 12.4. The summed E-state index contributed by atoms with van der Waals surface area (Å²) >= 11 is 0. The molecule has 0 spiro atoms. The topological polar surface area (TPSA) is 40.2 Å². The van der Waals surface area contributed by atoms with Crippen molar-refractivity contribution in [3.05, 3.63) is 0 Å². The highest BCUT2D eigenvalue weighted by molar-refractivity contribution is 6.60. The maximum absolute atomic E-state index is 6.28. The van der Waals surface area contributed by atoms with Crippen LogP contribution in [0.1, 0.15) is 26.7 Å². The summed E-state index contributed by atoms with van der Waals surface area (Å²) in [5.41, 5.74) is 0. The van der Waals surface area contributed by atoms with Gasteiger partial charge >= 0.3 is 8.80 Å². The Kier molecular flexibility index (Phi) is 5.80. The Morgan fingerprint density at radius 1 is 1.37 bits per heavy atom. The van der Waals surface area contributed by atoms with E-state index in [2.05, 4.69) is 18.7 Å². The highest BCUT2D eigenvalue weighted by Gasteiger charge is 2.45. The Balaban J connectivity index is 2.15. The lowest BCUT2D eigenvalue weighted by atomic mass is 10.2. The molecule has 0 saturated carbocycles. The fourth-order valence-electron chi connectivity index (χ4n) is 2.72. The maximum Gasteiger partial charge on any atom is 0.501 e. The van der Waals surface area contributed by atoms with Crippen molar-refractivity contribution in [3.8, 4) is 0 Å². The Bertz CT molecular complexity index is 281. The molecule has 2 aliphatic heterocycles. The molecule has 112 valence electrons. The average Bonchev–Trinajstić information content (AvgIpc) is 2.45. The fourth-order valence-corrected chi connectivity index (χ4v) is 5.37. The largest absolute Gasteiger partial charge is 0.501 e. The van der Waals surface area contributed by atoms with Crippen LogP contribution < -0.4 is 0 Å². The summed E-state index contributed by atoms with van der Waals surface area (Å²) in [6.45, 7) is 8.73. The first kappa shape index (κ1) is 15.4. The van der Waals surface area contributed by atoms with Gasteiger partial charge in [0.1, 0.15) is 0 Å². The molecule has 0 aromatic rings. The number of rotatable bonds is 2. The van der Waals surface area contributed by atoms with E-state index in [0.29, 0.717) is 6.61 Å². The summed E-state index contributed by atoms with van der Waals surface area (Å²) in [7, 11) is -0.786. The van der Waals surface area contributed by atoms with Gasteiger partial charge in [-0.3, -0.25) is 0 Å². The van der Waals surface area contributed by atoms with E-state index in [1.54, 1.807) is 7.11 Å². The lowest BCUT2D eigenvalue weighted by molar-refractivity contribution is -0.0326. The normalized spacial score (nSPS) is 38.7. The van der Waals surface area contributed by atoms with Crippen LogP contribution in [-0.4, -0.2) is 65.9 Å². The third kappa shape index (κ3) is 4.24. The van der Waals surface area contributed by atoms with Crippen molar-refractivity contribution in [2.24, 2.45) is 0 Å². The van der Waals surface area contributed by atoms with Crippen molar-refractivity contribution in [2.45, 2.75) is 44.9 Å². The molecule has 2 heterocycles. The molecule has 2 bridgehead atoms. The monoisotopic (exact) mass is 289 g/mol. The van der Waals surface area contributed by atoms with Crippen LogP contribution in [0.5, 0.6) is 0 Å². The number of hydrogen-bond donors (Lipinski definition) is 0. The predicted molar refractivity (Wildman–Crippen MR) is 75.2 cm³/mol. The van der Waals surface area contributed by atoms with E-state index in [1.807, 2.05) is 0 Å². The summed E-state index contributed by atoms with van der Waals surface area (Å²) < 4.78 is 23.9. The molecule has 2 rings (SSSR count). The van der Waals surface area contributed by atoms with Gasteiger partial charge in [-0.15, -0.1) is 0 Å². The second kappa shape index (κ2) is 7.15. The summed E-state index contributed by atoms with van der Waals surface area (Å²) in [6.07, 6.45) is 2.25. The van der Waals surface area contributed by atoms with Crippen molar-refractivity contribution in [1.82, 2.24) is 4.90 Å². The van der Waals surface area contributed by atoms with Gasteiger partial charge in [0.2, 0.25) is 0 Å². The van der Waals surface area contributed by atoms with E-state index in [0.717, 1.165) is 45.1 Å². The zero-order chi connectivity index (χ0) is 13.7. The van der Waals surface area contributed by atoms with Crippen LogP contribution in [0.3, 0.4) is 0 Å². The second-order valence-corrected chi connectivity index (χ2v) is 8.16. The molecule has 2 aliphatic rings. The van der Waals surface area contributed by atoms with Gasteiger partial charge in [-0.1, -0.05) is 6.92 Å². The van der Waals surface area contributed by atoms with Gasteiger partial charge in [0, 0.05) is 39.0 Å². The lowest BCUT2D eigenvalue weighted by Crippen LogP contribution is -2.52. The highest BCUT2D eigenvalue weighted by Crippen LogP contribution is 2.25. The van der Waals surface area contributed by atoms with Gasteiger partial charge in [0.25, 0.3) is 0 Å². The number of fused-ring (bicyclic) bond motifs is 2. The first-order chi connectivity index (χ1) is 9.17. The van der Waals surface area contributed by atoms with Crippen LogP contribution in [0.25, 0.3) is 0 Å². The molecule has 0 aromatic carbocycles. The Morgan fingerprint density at radius 3 is 2.95 bits per heavy atom. The molecular weight excluding hydrogens is 262 g/mol. The molecular formula is C13H27NO4Si. The molecule has 5 nitrogen and oxygen atoms in total. The van der Waals surface area contributed by atoms with Gasteiger partial charge in [0.05, 0.1) is 12.7 Å². The van der Waals surface area contributed by atoms with E-state index in [9.17, 15) is 0 Å². The summed E-state index contributed by atoms with van der Waals surface area (Å²) in [5, 5.41) is 0. The van der Waals surface area contributed by atoms with E-state index >= 15 is 0 Å². The van der Waals surface area contributed by atoms with Gasteiger partial charge in [-0.25, -0.2) is 0 Å². The van der Waals surface area contributed by atoms with E-state index in [-0.39, 0.29) is 12.2 Å². The first-order valence-corrected chi connectivity index (χ1v) is 9.31. The van der Waals surface area contributed by atoms with E-state index < -0.39 is 8.80 Å². The number of ether oxygens (including phenoxy) is 1. The van der Waals surface area contributed by atoms with Crippen LogP contribution in [0.2, 0.25) is 6.04 Å². The van der Waals surface area contributed by atoms with Gasteiger partial charge in [-0.2, -0.15) is 0 Å². The third-order valence-corrected chi connectivity index (χ3v) is 6.92. The van der Waals surface area contributed by atoms with Crippen LogP contribution in [0.15, 0.2) is 0 Å². The van der Waals surface area contributed by atoms with Crippen LogP contribution in [0.4, 0.5) is 0 Å². The van der Waals surface area contributed by atoms with E-state index in [4.69, 9.17) is 18.0 Å². The minimum absolute atomic E-state index is 0.0668. The Morgan fingerprint density at radius 2 is 2.21 bits per heavy atom. The second-order valence-electron chi connectivity index (χ2n) is 5.42. The molecule has 0 amide bonds. The number of nitrogens with zero attached hydrogens (tertiary/aromatic N) is 1.